The molecule has 0 unspecified atom stereocenters. The monoisotopic (exact) mass is 644 g/mol. The maximum Gasteiger partial charge on any atom is 0.261 e. The minimum atomic E-state index is -3.63. The smallest absolute Gasteiger partial charge is 0.261 e. The zero-order valence-corrected chi connectivity index (χ0v) is 26.5. The van der Waals surface area contributed by atoms with Crippen molar-refractivity contribution in [1.82, 2.24) is 4.72 Å². The predicted molar refractivity (Wildman–Crippen MR) is 178 cm³/mol. The maximum absolute atomic E-state index is 12.1. The van der Waals surface area contributed by atoms with Crippen LogP contribution in [0.4, 0.5) is 0 Å². The van der Waals surface area contributed by atoms with E-state index in [2.05, 4.69) is 4.72 Å². The van der Waals surface area contributed by atoms with Crippen LogP contribution < -0.4 is 21.9 Å². The molecule has 0 aliphatic heterocycles. The van der Waals surface area contributed by atoms with Gasteiger partial charge in [0.25, 0.3) is 9.05 Å². The molecule has 0 atom stereocenters. The molecule has 0 amide bonds. The first-order valence-corrected chi connectivity index (χ1v) is 17.8. The van der Waals surface area contributed by atoms with Crippen molar-refractivity contribution in [3.63, 3.8) is 0 Å². The third-order valence-electron chi connectivity index (χ3n) is 6.10. The van der Waals surface area contributed by atoms with Crippen LogP contribution in [0.2, 0.25) is 0 Å². The summed E-state index contributed by atoms with van der Waals surface area (Å²) in [7, 11) is -1.83. The Bertz CT molecular complexity index is 1530. The third kappa shape index (κ3) is 13.4. The second-order valence-electron chi connectivity index (χ2n) is 9.40. The van der Waals surface area contributed by atoms with E-state index in [0.29, 0.717) is 13.1 Å². The SMILES string of the molecule is NCCCCN.NCCCCNS(=O)(=O)c1ccc(-c2ccccc2)cc1.O=S(=O)(Cl)c1ccc(-c2ccccc2)cc1. The fraction of sp³-hybridized carbons (Fsp3) is 0.250. The molecule has 0 fully saturated rings. The van der Waals surface area contributed by atoms with Crippen LogP contribution in [0, 0.1) is 0 Å². The van der Waals surface area contributed by atoms with Crippen LogP contribution in [-0.2, 0) is 19.1 Å². The lowest BCUT2D eigenvalue weighted by Gasteiger charge is -2.07. The molecule has 7 N–H and O–H groups in total. The molecule has 0 aliphatic rings. The lowest BCUT2D eigenvalue weighted by molar-refractivity contribution is 0.577. The first-order valence-electron chi connectivity index (χ1n) is 14.0. The Morgan fingerprint density at radius 1 is 0.488 bits per heavy atom. The topological polar surface area (TPSA) is 158 Å². The van der Waals surface area contributed by atoms with Crippen molar-refractivity contribution in [2.45, 2.75) is 35.5 Å². The highest BCUT2D eigenvalue weighted by molar-refractivity contribution is 8.13. The number of sulfonamides is 1. The Kier molecular flexibility index (Phi) is 16.2. The van der Waals surface area contributed by atoms with E-state index in [4.69, 9.17) is 27.9 Å². The predicted octanol–water partition coefficient (Wildman–Crippen LogP) is 5.34. The van der Waals surface area contributed by atoms with E-state index >= 15 is 0 Å². The summed E-state index contributed by atoms with van der Waals surface area (Å²) in [6.45, 7) is 2.54. The Hall–Kier alpha value is -3.09. The molecule has 0 radical (unpaired) electrons. The summed E-state index contributed by atoms with van der Waals surface area (Å²) in [5.41, 5.74) is 19.8. The van der Waals surface area contributed by atoms with Gasteiger partial charge in [0.15, 0.2) is 0 Å². The van der Waals surface area contributed by atoms with Crippen LogP contribution in [0.25, 0.3) is 22.3 Å². The van der Waals surface area contributed by atoms with E-state index in [9.17, 15) is 16.8 Å². The Balaban J connectivity index is 0.000000259. The summed E-state index contributed by atoms with van der Waals surface area (Å²) >= 11 is 0. The van der Waals surface area contributed by atoms with Crippen molar-refractivity contribution in [1.29, 1.82) is 0 Å². The highest BCUT2D eigenvalue weighted by atomic mass is 35.7. The molecule has 4 rings (SSSR count). The van der Waals surface area contributed by atoms with E-state index in [1.165, 1.54) is 12.1 Å². The second kappa shape index (κ2) is 19.2. The molecule has 0 aromatic heterocycles. The van der Waals surface area contributed by atoms with Gasteiger partial charge in [-0.3, -0.25) is 0 Å². The average molecular weight is 645 g/mol. The van der Waals surface area contributed by atoms with Gasteiger partial charge in [0.2, 0.25) is 10.0 Å². The Labute approximate surface area is 260 Å². The number of benzene rings is 4. The Morgan fingerprint density at radius 2 is 0.837 bits per heavy atom. The summed E-state index contributed by atoms with van der Waals surface area (Å²) in [4.78, 5) is 0.406. The van der Waals surface area contributed by atoms with Crippen molar-refractivity contribution < 1.29 is 16.8 Å². The minimum absolute atomic E-state index is 0.119. The van der Waals surface area contributed by atoms with Gasteiger partial charge in [0.1, 0.15) is 0 Å². The van der Waals surface area contributed by atoms with Gasteiger partial charge in [-0.05, 0) is 91.8 Å². The van der Waals surface area contributed by atoms with Crippen molar-refractivity contribution >= 4 is 29.8 Å². The number of hydrogen-bond acceptors (Lipinski definition) is 7. The minimum Gasteiger partial charge on any atom is -0.330 e. The van der Waals surface area contributed by atoms with Gasteiger partial charge in [-0.15, -0.1) is 0 Å². The summed E-state index contributed by atoms with van der Waals surface area (Å²) < 4.78 is 48.9. The van der Waals surface area contributed by atoms with Gasteiger partial charge in [0.05, 0.1) is 9.79 Å². The van der Waals surface area contributed by atoms with E-state index in [0.717, 1.165) is 61.0 Å². The Morgan fingerprint density at radius 3 is 1.21 bits per heavy atom. The van der Waals surface area contributed by atoms with Gasteiger partial charge in [-0.2, -0.15) is 0 Å². The normalized spacial score (nSPS) is 11.1. The van der Waals surface area contributed by atoms with Crippen LogP contribution in [0.15, 0.2) is 119 Å². The number of unbranched alkanes of at least 4 members (excludes halogenated alkanes) is 2. The summed E-state index contributed by atoms with van der Waals surface area (Å²) in [6, 6.07) is 33.0. The van der Waals surface area contributed by atoms with E-state index in [1.807, 2.05) is 72.8 Å². The largest absolute Gasteiger partial charge is 0.330 e. The van der Waals surface area contributed by atoms with Crippen LogP contribution in [0.5, 0.6) is 0 Å². The standard InChI is InChI=1S/C16H20N2O2S.C12H9ClO2S.C4H12N2/c17-12-4-5-13-18-21(19,20)16-10-8-15(9-11-16)14-6-2-1-3-7-14;13-16(14,15)12-8-6-11(7-9-12)10-4-2-1-3-5-10;5-3-1-2-4-6/h1-3,6-11,18H,4-5,12-13,17H2;1-9H;1-6H2. The van der Waals surface area contributed by atoms with Crippen LogP contribution in [0.3, 0.4) is 0 Å². The van der Waals surface area contributed by atoms with Crippen molar-refractivity contribution in [2.75, 3.05) is 26.2 Å². The van der Waals surface area contributed by atoms with E-state index < -0.39 is 19.1 Å². The molecule has 232 valence electrons. The molecule has 0 spiro atoms. The number of nitrogens with one attached hydrogen (secondary N) is 1. The van der Waals surface area contributed by atoms with Crippen molar-refractivity contribution in [3.8, 4) is 22.3 Å². The van der Waals surface area contributed by atoms with Gasteiger partial charge in [-0.25, -0.2) is 21.6 Å². The fourth-order valence-electron chi connectivity index (χ4n) is 3.75. The van der Waals surface area contributed by atoms with Crippen LogP contribution in [0.1, 0.15) is 25.7 Å². The first-order chi connectivity index (χ1) is 20.6. The van der Waals surface area contributed by atoms with E-state index in [1.54, 1.807) is 24.3 Å². The van der Waals surface area contributed by atoms with Crippen molar-refractivity contribution in [2.24, 2.45) is 17.2 Å². The number of hydrogen-bond donors (Lipinski definition) is 4. The molecular weight excluding hydrogens is 604 g/mol. The molecule has 0 saturated heterocycles. The maximum atomic E-state index is 12.1. The highest BCUT2D eigenvalue weighted by Gasteiger charge is 2.13. The third-order valence-corrected chi connectivity index (χ3v) is 8.94. The van der Waals surface area contributed by atoms with Crippen LogP contribution in [-0.4, -0.2) is 43.0 Å². The summed E-state index contributed by atoms with van der Waals surface area (Å²) in [5.74, 6) is 0. The van der Waals surface area contributed by atoms with Gasteiger partial charge in [-0.1, -0.05) is 84.9 Å². The summed E-state index contributed by atoms with van der Waals surface area (Å²) in [5, 5.41) is 0. The second-order valence-corrected chi connectivity index (χ2v) is 13.7. The molecule has 0 aliphatic carbocycles. The quantitative estimate of drug-likeness (QED) is 0.120. The molecule has 0 saturated carbocycles. The lowest BCUT2D eigenvalue weighted by Crippen LogP contribution is -2.25. The molecule has 4 aromatic carbocycles. The van der Waals surface area contributed by atoms with Gasteiger partial charge < -0.3 is 17.2 Å². The number of nitrogens with two attached hydrogens (primary N) is 3. The van der Waals surface area contributed by atoms with Crippen molar-refractivity contribution in [3.05, 3.63) is 109 Å². The van der Waals surface area contributed by atoms with Gasteiger partial charge in [0, 0.05) is 17.2 Å². The fourth-order valence-corrected chi connectivity index (χ4v) is 5.59. The molecule has 4 aromatic rings. The van der Waals surface area contributed by atoms with E-state index in [-0.39, 0.29) is 9.79 Å². The summed E-state index contributed by atoms with van der Waals surface area (Å²) in [6.07, 6.45) is 3.69. The number of halogens is 1. The number of rotatable bonds is 12. The lowest BCUT2D eigenvalue weighted by atomic mass is 10.1. The molecule has 8 nitrogen and oxygen atoms in total. The molecule has 43 heavy (non-hydrogen) atoms. The zero-order valence-electron chi connectivity index (χ0n) is 24.1. The van der Waals surface area contributed by atoms with Crippen LogP contribution >= 0.6 is 10.7 Å². The first kappa shape index (κ1) is 36.1. The molecule has 0 heterocycles. The molecular formula is C32H41ClN4O4S2. The molecule has 0 bridgehead atoms. The average Bonchev–Trinajstić information content (AvgIpc) is 3.03. The molecule has 11 heteroatoms. The highest BCUT2D eigenvalue weighted by Crippen LogP contribution is 2.23. The zero-order chi connectivity index (χ0) is 31.6. The van der Waals surface area contributed by atoms with Gasteiger partial charge >= 0.3 is 0 Å².